The van der Waals surface area contributed by atoms with Crippen LogP contribution in [-0.2, 0) is 4.79 Å². The second-order valence-electron chi connectivity index (χ2n) is 5.93. The quantitative estimate of drug-likeness (QED) is 0.763. The van der Waals surface area contributed by atoms with E-state index in [1.54, 1.807) is 0 Å². The van der Waals surface area contributed by atoms with E-state index in [0.29, 0.717) is 18.9 Å². The Bertz CT molecular complexity index is 683. The summed E-state index contributed by atoms with van der Waals surface area (Å²) < 4.78 is 0. The fourth-order valence-electron chi connectivity index (χ4n) is 2.35. The second-order valence-corrected chi connectivity index (χ2v) is 6.34. The Kier molecular flexibility index (Phi) is 6.05. The van der Waals surface area contributed by atoms with E-state index in [1.807, 2.05) is 49.4 Å². The highest BCUT2D eigenvalue weighted by Crippen LogP contribution is 2.24. The largest absolute Gasteiger partial charge is 0.384 e. The van der Waals surface area contributed by atoms with E-state index < -0.39 is 0 Å². The molecule has 2 rings (SSSR count). The first kappa shape index (κ1) is 17.4. The summed E-state index contributed by atoms with van der Waals surface area (Å²) in [5.74, 6) is 0.378. The minimum absolute atomic E-state index is 0.00353. The molecule has 2 aromatic rings. The number of amides is 1. The number of carbonyl (C=O) groups is 1. The zero-order valence-corrected chi connectivity index (χ0v) is 14.6. The Morgan fingerprint density at radius 1 is 1.17 bits per heavy atom. The molecule has 3 nitrogen and oxygen atoms in total. The first-order valence-corrected chi connectivity index (χ1v) is 8.24. The molecule has 2 N–H and O–H groups in total. The summed E-state index contributed by atoms with van der Waals surface area (Å²) in [5, 5.41) is 6.94. The maximum atomic E-state index is 12.1. The summed E-state index contributed by atoms with van der Waals surface area (Å²) in [4.78, 5) is 12.1. The highest BCUT2D eigenvalue weighted by atomic mass is 35.5. The van der Waals surface area contributed by atoms with Crippen LogP contribution in [0.3, 0.4) is 0 Å². The summed E-state index contributed by atoms with van der Waals surface area (Å²) in [7, 11) is 0. The van der Waals surface area contributed by atoms with E-state index >= 15 is 0 Å². The minimum atomic E-state index is 0.00353. The second kappa shape index (κ2) is 8.02. The molecular formula is C19H23ClN2O. The lowest BCUT2D eigenvalue weighted by molar-refractivity contribution is -0.115. The van der Waals surface area contributed by atoms with Crippen molar-refractivity contribution in [1.82, 2.24) is 0 Å². The summed E-state index contributed by atoms with van der Waals surface area (Å²) in [6, 6.07) is 13.7. The number of hydrogen-bond acceptors (Lipinski definition) is 2. The molecule has 0 atom stereocenters. The van der Waals surface area contributed by atoms with Crippen LogP contribution in [-0.4, -0.2) is 12.5 Å². The van der Waals surface area contributed by atoms with Crippen molar-refractivity contribution in [2.45, 2.75) is 33.1 Å². The Hall–Kier alpha value is -2.00. The minimum Gasteiger partial charge on any atom is -0.384 e. The van der Waals surface area contributed by atoms with Crippen LogP contribution in [0.1, 0.15) is 37.3 Å². The van der Waals surface area contributed by atoms with Gasteiger partial charge in [-0.3, -0.25) is 4.79 Å². The Labute approximate surface area is 143 Å². The zero-order valence-electron chi connectivity index (χ0n) is 13.8. The summed E-state index contributed by atoms with van der Waals surface area (Å²) in [6.07, 6.45) is 0.401. The van der Waals surface area contributed by atoms with Gasteiger partial charge in [0.1, 0.15) is 0 Å². The molecule has 122 valence electrons. The van der Waals surface area contributed by atoms with Crippen LogP contribution in [0.5, 0.6) is 0 Å². The number of anilines is 2. The lowest BCUT2D eigenvalue weighted by Crippen LogP contribution is -2.17. The Morgan fingerprint density at radius 2 is 1.91 bits per heavy atom. The molecule has 1 amide bonds. The van der Waals surface area contributed by atoms with Crippen molar-refractivity contribution in [2.75, 3.05) is 17.2 Å². The molecule has 0 radical (unpaired) electrons. The number of aryl methyl sites for hydroxylation is 1. The van der Waals surface area contributed by atoms with Gasteiger partial charge in [0.2, 0.25) is 5.91 Å². The molecule has 0 fully saturated rings. The maximum Gasteiger partial charge on any atom is 0.226 e. The van der Waals surface area contributed by atoms with Crippen molar-refractivity contribution in [2.24, 2.45) is 0 Å². The van der Waals surface area contributed by atoms with Crippen LogP contribution in [0.2, 0.25) is 5.02 Å². The number of benzene rings is 2. The summed E-state index contributed by atoms with van der Waals surface area (Å²) in [6.45, 7) is 6.77. The number of nitrogens with one attached hydrogen (secondary N) is 2. The molecular weight excluding hydrogens is 308 g/mol. The molecule has 0 bridgehead atoms. The van der Waals surface area contributed by atoms with Crippen molar-refractivity contribution in [3.8, 4) is 0 Å². The van der Waals surface area contributed by atoms with Crippen molar-refractivity contribution in [1.29, 1.82) is 0 Å². The third-order valence-corrected chi connectivity index (χ3v) is 4.12. The molecule has 0 saturated heterocycles. The van der Waals surface area contributed by atoms with Crippen molar-refractivity contribution in [3.05, 3.63) is 58.6 Å². The monoisotopic (exact) mass is 330 g/mol. The molecule has 0 aliphatic carbocycles. The lowest BCUT2D eigenvalue weighted by Gasteiger charge is -2.14. The first-order valence-electron chi connectivity index (χ1n) is 7.86. The van der Waals surface area contributed by atoms with Gasteiger partial charge in [-0.1, -0.05) is 49.7 Å². The molecule has 0 aromatic heterocycles. The van der Waals surface area contributed by atoms with Crippen molar-refractivity contribution < 1.29 is 4.79 Å². The van der Waals surface area contributed by atoms with Crippen LogP contribution in [0.4, 0.5) is 11.4 Å². The number of hydrogen-bond donors (Lipinski definition) is 2. The summed E-state index contributed by atoms with van der Waals surface area (Å²) >= 11 is 6.09. The third-order valence-electron chi connectivity index (χ3n) is 3.71. The maximum absolute atomic E-state index is 12.1. The van der Waals surface area contributed by atoms with Gasteiger partial charge in [0.05, 0.1) is 0 Å². The van der Waals surface area contributed by atoms with Gasteiger partial charge < -0.3 is 10.6 Å². The van der Waals surface area contributed by atoms with E-state index in [0.717, 1.165) is 27.5 Å². The highest BCUT2D eigenvalue weighted by Gasteiger charge is 2.09. The molecule has 0 aliphatic rings. The predicted octanol–water partition coefficient (Wildman–Crippen LogP) is 5.21. The average Bonchev–Trinajstić information content (AvgIpc) is 2.51. The molecule has 2 aromatic carbocycles. The fraction of sp³-hybridized carbons (Fsp3) is 0.316. The van der Waals surface area contributed by atoms with E-state index in [1.165, 1.54) is 0 Å². The topological polar surface area (TPSA) is 41.1 Å². The van der Waals surface area contributed by atoms with Gasteiger partial charge >= 0.3 is 0 Å². The Balaban J connectivity index is 1.87. The van der Waals surface area contributed by atoms with Crippen molar-refractivity contribution in [3.63, 3.8) is 0 Å². The molecule has 0 unspecified atom stereocenters. The van der Waals surface area contributed by atoms with Gasteiger partial charge in [-0.05, 0) is 42.2 Å². The first-order chi connectivity index (χ1) is 11.0. The smallest absolute Gasteiger partial charge is 0.226 e. The highest BCUT2D eigenvalue weighted by molar-refractivity contribution is 6.31. The van der Waals surface area contributed by atoms with Crippen LogP contribution >= 0.6 is 11.6 Å². The average molecular weight is 331 g/mol. The van der Waals surface area contributed by atoms with Crippen LogP contribution in [0.15, 0.2) is 42.5 Å². The molecule has 0 saturated carbocycles. The normalized spacial score (nSPS) is 10.7. The molecule has 0 aliphatic heterocycles. The predicted molar refractivity (Wildman–Crippen MR) is 98.5 cm³/mol. The van der Waals surface area contributed by atoms with E-state index in [-0.39, 0.29) is 5.91 Å². The number of rotatable bonds is 6. The van der Waals surface area contributed by atoms with E-state index in [2.05, 4.69) is 24.5 Å². The number of carbonyl (C=O) groups excluding carboxylic acids is 1. The van der Waals surface area contributed by atoms with Crippen molar-refractivity contribution >= 4 is 28.9 Å². The molecule has 4 heteroatoms. The molecule has 0 heterocycles. The lowest BCUT2D eigenvalue weighted by atomic mass is 10.0. The van der Waals surface area contributed by atoms with E-state index in [9.17, 15) is 4.79 Å². The van der Waals surface area contributed by atoms with Gasteiger partial charge in [0.15, 0.2) is 0 Å². The van der Waals surface area contributed by atoms with Crippen LogP contribution in [0, 0.1) is 6.92 Å². The molecule has 23 heavy (non-hydrogen) atoms. The van der Waals surface area contributed by atoms with Gasteiger partial charge in [0, 0.05) is 29.4 Å². The van der Waals surface area contributed by atoms with Crippen LogP contribution < -0.4 is 10.6 Å². The van der Waals surface area contributed by atoms with Gasteiger partial charge in [0.25, 0.3) is 0 Å². The fourth-order valence-corrected chi connectivity index (χ4v) is 2.53. The van der Waals surface area contributed by atoms with Gasteiger partial charge in [-0.15, -0.1) is 0 Å². The SMILES string of the molecule is Cc1ccc(NCCC(=O)Nc2ccccc2C(C)C)cc1Cl. The summed E-state index contributed by atoms with van der Waals surface area (Å²) in [5.41, 5.74) is 4.02. The van der Waals surface area contributed by atoms with E-state index in [4.69, 9.17) is 11.6 Å². The van der Waals surface area contributed by atoms with Gasteiger partial charge in [-0.2, -0.15) is 0 Å². The molecule has 0 spiro atoms. The zero-order chi connectivity index (χ0) is 16.8. The number of para-hydroxylation sites is 1. The standard InChI is InChI=1S/C19H23ClN2O/c1-13(2)16-6-4-5-7-18(16)22-19(23)10-11-21-15-9-8-14(3)17(20)12-15/h4-9,12-13,21H,10-11H2,1-3H3,(H,22,23). The number of halogens is 1. The Morgan fingerprint density at radius 3 is 2.61 bits per heavy atom. The van der Waals surface area contributed by atoms with Gasteiger partial charge in [-0.25, -0.2) is 0 Å². The third kappa shape index (κ3) is 5.00. The van der Waals surface area contributed by atoms with Crippen LogP contribution in [0.25, 0.3) is 0 Å².